The Morgan fingerprint density at radius 1 is 1.26 bits per heavy atom. The molecule has 2 rings (SSSR count). The third kappa shape index (κ3) is 3.62. The van der Waals surface area contributed by atoms with Gasteiger partial charge in [0.1, 0.15) is 6.07 Å². The quantitative estimate of drug-likeness (QED) is 0.852. The first kappa shape index (κ1) is 13.7. The number of urea groups is 1. The number of carbonyl (C=O) groups excluding carboxylic acids is 1. The van der Waals surface area contributed by atoms with Crippen LogP contribution in [0, 0.1) is 11.3 Å². The Hall–Kier alpha value is -1.73. The number of benzene rings is 1. The lowest BCUT2D eigenvalue weighted by Crippen LogP contribution is -2.35. The van der Waals surface area contributed by atoms with E-state index in [1.54, 1.807) is 18.2 Å². The summed E-state index contributed by atoms with van der Waals surface area (Å²) in [5, 5.41) is 12.0. The Labute approximate surface area is 118 Å². The molecule has 1 aliphatic heterocycles. The summed E-state index contributed by atoms with van der Waals surface area (Å²) < 4.78 is 0. The number of likely N-dealkylation sites (tertiary alicyclic amines) is 1. The van der Waals surface area contributed by atoms with Gasteiger partial charge in [0.05, 0.1) is 10.6 Å². The van der Waals surface area contributed by atoms with Crippen LogP contribution in [0.25, 0.3) is 0 Å². The van der Waals surface area contributed by atoms with E-state index in [9.17, 15) is 4.79 Å². The van der Waals surface area contributed by atoms with E-state index in [1.165, 1.54) is 12.8 Å². The highest BCUT2D eigenvalue weighted by Crippen LogP contribution is 2.21. The van der Waals surface area contributed by atoms with Gasteiger partial charge in [-0.3, -0.25) is 0 Å². The van der Waals surface area contributed by atoms with E-state index in [-0.39, 0.29) is 6.03 Å². The zero-order valence-electron chi connectivity index (χ0n) is 10.7. The van der Waals surface area contributed by atoms with Crippen LogP contribution in [0.5, 0.6) is 0 Å². The van der Waals surface area contributed by atoms with Crippen molar-refractivity contribution in [1.82, 2.24) is 4.90 Å². The summed E-state index contributed by atoms with van der Waals surface area (Å²) >= 11 is 5.94. The number of hydrogen-bond donors (Lipinski definition) is 1. The van der Waals surface area contributed by atoms with Crippen molar-refractivity contribution in [2.45, 2.75) is 25.7 Å². The maximum Gasteiger partial charge on any atom is 0.321 e. The van der Waals surface area contributed by atoms with Crippen LogP contribution in [-0.4, -0.2) is 24.0 Å². The van der Waals surface area contributed by atoms with Crippen LogP contribution in [0.1, 0.15) is 31.2 Å². The van der Waals surface area contributed by atoms with Gasteiger partial charge in [-0.05, 0) is 31.0 Å². The van der Waals surface area contributed by atoms with Crippen LogP contribution >= 0.6 is 11.6 Å². The van der Waals surface area contributed by atoms with Gasteiger partial charge >= 0.3 is 6.03 Å². The fourth-order valence-electron chi connectivity index (χ4n) is 2.16. The summed E-state index contributed by atoms with van der Waals surface area (Å²) in [4.78, 5) is 13.9. The lowest BCUT2D eigenvalue weighted by molar-refractivity contribution is 0.214. The number of amides is 2. The molecule has 1 fully saturated rings. The van der Waals surface area contributed by atoms with Crippen LogP contribution in [-0.2, 0) is 0 Å². The van der Waals surface area contributed by atoms with Crippen molar-refractivity contribution < 1.29 is 4.79 Å². The first-order chi connectivity index (χ1) is 9.20. The maximum absolute atomic E-state index is 12.1. The summed E-state index contributed by atoms with van der Waals surface area (Å²) in [6.07, 6.45) is 4.49. The Bertz CT molecular complexity index is 502. The molecular formula is C14H16ClN3O. The van der Waals surface area contributed by atoms with Crippen molar-refractivity contribution in [3.8, 4) is 6.07 Å². The van der Waals surface area contributed by atoms with E-state index < -0.39 is 0 Å². The fourth-order valence-corrected chi connectivity index (χ4v) is 2.38. The molecule has 5 heteroatoms. The number of nitriles is 1. The number of halogens is 1. The Morgan fingerprint density at radius 3 is 2.53 bits per heavy atom. The third-order valence-electron chi connectivity index (χ3n) is 3.23. The lowest BCUT2D eigenvalue weighted by atomic mass is 10.2. The number of nitrogens with zero attached hydrogens (tertiary/aromatic N) is 2. The summed E-state index contributed by atoms with van der Waals surface area (Å²) in [6, 6.07) is 6.81. The first-order valence-corrected chi connectivity index (χ1v) is 6.84. The van der Waals surface area contributed by atoms with Crippen LogP contribution < -0.4 is 5.32 Å². The van der Waals surface area contributed by atoms with Gasteiger partial charge in [-0.15, -0.1) is 0 Å². The number of nitrogens with one attached hydrogen (secondary N) is 1. The van der Waals surface area contributed by atoms with Crippen molar-refractivity contribution in [2.24, 2.45) is 0 Å². The van der Waals surface area contributed by atoms with E-state index in [1.807, 2.05) is 11.0 Å². The highest BCUT2D eigenvalue weighted by molar-refractivity contribution is 6.32. The molecule has 19 heavy (non-hydrogen) atoms. The van der Waals surface area contributed by atoms with Crippen LogP contribution in [0.2, 0.25) is 5.02 Å². The molecule has 0 radical (unpaired) electrons. The number of rotatable bonds is 1. The molecule has 0 aromatic heterocycles. The van der Waals surface area contributed by atoms with Crippen LogP contribution in [0.3, 0.4) is 0 Å². The standard InChI is InChI=1S/C14H16ClN3O/c15-13-9-12(6-5-11(13)10-16)17-14(19)18-7-3-1-2-4-8-18/h5-6,9H,1-4,7-8H2,(H,17,19). The average Bonchev–Trinajstić information content (AvgIpc) is 2.68. The van der Waals surface area contributed by atoms with Crippen molar-refractivity contribution in [3.63, 3.8) is 0 Å². The molecule has 0 bridgehead atoms. The van der Waals surface area contributed by atoms with Crippen LogP contribution in [0.4, 0.5) is 10.5 Å². The average molecular weight is 278 g/mol. The van der Waals surface area contributed by atoms with E-state index in [0.717, 1.165) is 25.9 Å². The zero-order chi connectivity index (χ0) is 13.7. The minimum absolute atomic E-state index is 0.0947. The summed E-state index contributed by atoms with van der Waals surface area (Å²) in [7, 11) is 0. The molecule has 1 heterocycles. The number of carbonyl (C=O) groups is 1. The Kier molecular flexibility index (Phi) is 4.64. The smallest absolute Gasteiger partial charge is 0.321 e. The second-order valence-corrected chi connectivity index (χ2v) is 5.05. The minimum Gasteiger partial charge on any atom is -0.325 e. The molecule has 0 unspecified atom stereocenters. The SMILES string of the molecule is N#Cc1ccc(NC(=O)N2CCCCCC2)cc1Cl. The molecule has 0 aliphatic carbocycles. The molecule has 0 atom stereocenters. The molecule has 2 amide bonds. The van der Waals surface area contributed by atoms with Gasteiger partial charge in [0, 0.05) is 18.8 Å². The predicted molar refractivity (Wildman–Crippen MR) is 75.2 cm³/mol. The van der Waals surface area contributed by atoms with Gasteiger partial charge < -0.3 is 10.2 Å². The van der Waals surface area contributed by atoms with E-state index in [2.05, 4.69) is 5.32 Å². The summed E-state index contributed by atoms with van der Waals surface area (Å²) in [6.45, 7) is 1.60. The largest absolute Gasteiger partial charge is 0.325 e. The van der Waals surface area contributed by atoms with Gasteiger partial charge in [0.15, 0.2) is 0 Å². The molecule has 1 aromatic rings. The Morgan fingerprint density at radius 2 is 1.95 bits per heavy atom. The van der Waals surface area contributed by atoms with Crippen molar-refractivity contribution in [2.75, 3.05) is 18.4 Å². The topological polar surface area (TPSA) is 56.1 Å². The van der Waals surface area contributed by atoms with Gasteiger partial charge in [-0.1, -0.05) is 24.4 Å². The molecule has 4 nitrogen and oxygen atoms in total. The van der Waals surface area contributed by atoms with E-state index in [4.69, 9.17) is 16.9 Å². The number of hydrogen-bond acceptors (Lipinski definition) is 2. The second-order valence-electron chi connectivity index (χ2n) is 4.64. The van der Waals surface area contributed by atoms with E-state index in [0.29, 0.717) is 16.3 Å². The van der Waals surface area contributed by atoms with Gasteiger partial charge in [-0.2, -0.15) is 5.26 Å². The normalized spacial score (nSPS) is 15.5. The highest BCUT2D eigenvalue weighted by Gasteiger charge is 2.15. The van der Waals surface area contributed by atoms with Crippen LogP contribution in [0.15, 0.2) is 18.2 Å². The summed E-state index contributed by atoms with van der Waals surface area (Å²) in [5.41, 5.74) is 1.03. The van der Waals surface area contributed by atoms with Gasteiger partial charge in [0.2, 0.25) is 0 Å². The first-order valence-electron chi connectivity index (χ1n) is 6.46. The molecule has 100 valence electrons. The Balaban J connectivity index is 2.02. The van der Waals surface area contributed by atoms with Crippen molar-refractivity contribution in [1.29, 1.82) is 5.26 Å². The van der Waals surface area contributed by atoms with Crippen molar-refractivity contribution in [3.05, 3.63) is 28.8 Å². The minimum atomic E-state index is -0.0947. The molecule has 1 aromatic carbocycles. The van der Waals surface area contributed by atoms with E-state index >= 15 is 0 Å². The molecule has 1 aliphatic rings. The molecule has 1 saturated heterocycles. The monoisotopic (exact) mass is 277 g/mol. The molecule has 0 saturated carbocycles. The number of anilines is 1. The summed E-state index contributed by atoms with van der Waals surface area (Å²) in [5.74, 6) is 0. The third-order valence-corrected chi connectivity index (χ3v) is 3.55. The predicted octanol–water partition coefficient (Wildman–Crippen LogP) is 3.62. The molecular weight excluding hydrogens is 262 g/mol. The maximum atomic E-state index is 12.1. The zero-order valence-corrected chi connectivity index (χ0v) is 11.4. The second kappa shape index (κ2) is 6.44. The molecule has 0 spiro atoms. The van der Waals surface area contributed by atoms with Crippen molar-refractivity contribution >= 4 is 23.3 Å². The lowest BCUT2D eigenvalue weighted by Gasteiger charge is -2.20. The van der Waals surface area contributed by atoms with Gasteiger partial charge in [-0.25, -0.2) is 4.79 Å². The molecule has 1 N–H and O–H groups in total. The highest BCUT2D eigenvalue weighted by atomic mass is 35.5. The fraction of sp³-hybridized carbons (Fsp3) is 0.429. The van der Waals surface area contributed by atoms with Gasteiger partial charge in [0.25, 0.3) is 0 Å².